The molecule has 2 aromatic rings. The molecule has 2 heteroatoms. The number of allylic oxidation sites excluding steroid dienone is 6. The Bertz CT molecular complexity index is 773. The summed E-state index contributed by atoms with van der Waals surface area (Å²) < 4.78 is 5.87. The van der Waals surface area contributed by atoms with Crippen LogP contribution < -0.4 is 5.43 Å². The van der Waals surface area contributed by atoms with Gasteiger partial charge in [-0.1, -0.05) is 42.0 Å². The Morgan fingerprint density at radius 2 is 2.00 bits per heavy atom. The highest BCUT2D eigenvalue weighted by molar-refractivity contribution is 5.81. The molecule has 0 amide bonds. The van der Waals surface area contributed by atoms with Gasteiger partial charge in [0.2, 0.25) is 0 Å². The molecule has 0 fully saturated rings. The fourth-order valence-electron chi connectivity index (χ4n) is 2.26. The van der Waals surface area contributed by atoms with Crippen LogP contribution in [0, 0.1) is 0 Å². The van der Waals surface area contributed by atoms with Crippen molar-refractivity contribution < 1.29 is 4.42 Å². The Hall–Kier alpha value is -2.35. The van der Waals surface area contributed by atoms with Crippen molar-refractivity contribution in [2.45, 2.75) is 13.3 Å². The van der Waals surface area contributed by atoms with Crippen LogP contribution in [0.4, 0.5) is 0 Å². The van der Waals surface area contributed by atoms with Crippen molar-refractivity contribution in [3.8, 4) is 0 Å². The van der Waals surface area contributed by atoms with Gasteiger partial charge in [0.15, 0.2) is 5.43 Å². The zero-order valence-electron chi connectivity index (χ0n) is 10.7. The van der Waals surface area contributed by atoms with E-state index in [0.717, 1.165) is 12.0 Å². The Morgan fingerprint density at radius 3 is 2.89 bits per heavy atom. The summed E-state index contributed by atoms with van der Waals surface area (Å²) in [7, 11) is 0. The number of hydrogen-bond donors (Lipinski definition) is 0. The van der Waals surface area contributed by atoms with E-state index in [1.807, 2.05) is 36.4 Å². The third-order valence-electron chi connectivity index (χ3n) is 3.29. The van der Waals surface area contributed by atoms with E-state index in [1.165, 1.54) is 5.57 Å². The molecule has 1 aliphatic carbocycles. The average molecular weight is 250 g/mol. The van der Waals surface area contributed by atoms with Crippen molar-refractivity contribution >= 4 is 16.5 Å². The summed E-state index contributed by atoms with van der Waals surface area (Å²) in [4.78, 5) is 12.1. The molecule has 0 N–H and O–H groups in total. The number of benzene rings is 1. The van der Waals surface area contributed by atoms with Gasteiger partial charge in [-0.25, -0.2) is 0 Å². The highest BCUT2D eigenvalue weighted by atomic mass is 16.3. The van der Waals surface area contributed by atoms with Crippen LogP contribution >= 0.6 is 0 Å². The highest BCUT2D eigenvalue weighted by Crippen LogP contribution is 2.25. The summed E-state index contributed by atoms with van der Waals surface area (Å²) >= 11 is 0. The van der Waals surface area contributed by atoms with E-state index >= 15 is 0 Å². The van der Waals surface area contributed by atoms with Gasteiger partial charge in [0.1, 0.15) is 11.3 Å². The molecule has 1 aromatic carbocycles. The van der Waals surface area contributed by atoms with Crippen molar-refractivity contribution in [1.29, 1.82) is 0 Å². The lowest BCUT2D eigenvalue weighted by atomic mass is 10.0. The van der Waals surface area contributed by atoms with Crippen LogP contribution in [0.5, 0.6) is 0 Å². The van der Waals surface area contributed by atoms with E-state index < -0.39 is 0 Å². The van der Waals surface area contributed by atoms with Gasteiger partial charge >= 0.3 is 0 Å². The van der Waals surface area contributed by atoms with Gasteiger partial charge in [-0.05, 0) is 25.5 Å². The number of hydrogen-bond acceptors (Lipinski definition) is 2. The monoisotopic (exact) mass is 250 g/mol. The van der Waals surface area contributed by atoms with Gasteiger partial charge in [-0.15, -0.1) is 0 Å². The van der Waals surface area contributed by atoms with Crippen LogP contribution in [0.25, 0.3) is 16.5 Å². The molecule has 0 saturated heterocycles. The number of fused-ring (bicyclic) bond motifs is 1. The Morgan fingerprint density at radius 1 is 1.16 bits per heavy atom. The second-order valence-corrected chi connectivity index (χ2v) is 4.66. The summed E-state index contributed by atoms with van der Waals surface area (Å²) in [5.74, 6) is 0.640. The lowest BCUT2D eigenvalue weighted by Crippen LogP contribution is -2.01. The molecule has 1 aliphatic rings. The molecule has 19 heavy (non-hydrogen) atoms. The number of para-hydroxylation sites is 1. The molecule has 1 heterocycles. The molecular weight excluding hydrogens is 236 g/mol. The predicted molar refractivity (Wildman–Crippen MR) is 78.0 cm³/mol. The fraction of sp³-hybridized carbons (Fsp3) is 0.118. The molecule has 0 bridgehead atoms. The van der Waals surface area contributed by atoms with Gasteiger partial charge in [-0.2, -0.15) is 0 Å². The molecule has 0 radical (unpaired) electrons. The van der Waals surface area contributed by atoms with Crippen molar-refractivity contribution in [2.75, 3.05) is 0 Å². The normalized spacial score (nSPS) is 15.0. The molecule has 0 atom stereocenters. The maximum Gasteiger partial charge on any atom is 0.193 e. The van der Waals surface area contributed by atoms with Crippen molar-refractivity contribution in [3.05, 3.63) is 76.2 Å². The molecule has 0 unspecified atom stereocenters. The van der Waals surface area contributed by atoms with Crippen molar-refractivity contribution in [1.82, 2.24) is 0 Å². The fourth-order valence-corrected chi connectivity index (χ4v) is 2.26. The first-order chi connectivity index (χ1) is 9.25. The van der Waals surface area contributed by atoms with Crippen LogP contribution in [-0.2, 0) is 0 Å². The van der Waals surface area contributed by atoms with Gasteiger partial charge < -0.3 is 4.42 Å². The van der Waals surface area contributed by atoms with E-state index in [4.69, 9.17) is 4.42 Å². The topological polar surface area (TPSA) is 30.2 Å². The molecule has 0 aliphatic heterocycles. The first kappa shape index (κ1) is 11.7. The van der Waals surface area contributed by atoms with Crippen LogP contribution in [0.3, 0.4) is 0 Å². The SMILES string of the molecule is CC1=C(c2cc(=O)c3ccccc3o2)C=CC=CC1. The maximum atomic E-state index is 12.1. The third kappa shape index (κ3) is 2.17. The van der Waals surface area contributed by atoms with Gasteiger partial charge in [-0.3, -0.25) is 4.79 Å². The minimum absolute atomic E-state index is 0.00255. The Kier molecular flexibility index (Phi) is 2.92. The molecule has 0 saturated carbocycles. The van der Waals surface area contributed by atoms with Crippen molar-refractivity contribution in [2.24, 2.45) is 0 Å². The second kappa shape index (κ2) is 4.73. The average Bonchev–Trinajstić information content (AvgIpc) is 2.63. The first-order valence-electron chi connectivity index (χ1n) is 6.32. The summed E-state index contributed by atoms with van der Waals surface area (Å²) in [6.07, 6.45) is 8.94. The quantitative estimate of drug-likeness (QED) is 0.763. The van der Waals surface area contributed by atoms with Crippen molar-refractivity contribution in [3.63, 3.8) is 0 Å². The largest absolute Gasteiger partial charge is 0.456 e. The van der Waals surface area contributed by atoms with E-state index in [2.05, 4.69) is 13.0 Å². The van der Waals surface area contributed by atoms with Crippen LogP contribution in [0.1, 0.15) is 19.1 Å². The summed E-state index contributed by atoms with van der Waals surface area (Å²) in [6.45, 7) is 2.06. The minimum Gasteiger partial charge on any atom is -0.456 e. The highest BCUT2D eigenvalue weighted by Gasteiger charge is 2.10. The van der Waals surface area contributed by atoms with E-state index in [0.29, 0.717) is 16.7 Å². The summed E-state index contributed by atoms with van der Waals surface area (Å²) in [5, 5.41) is 0.625. The Balaban J connectivity index is 2.24. The first-order valence-corrected chi connectivity index (χ1v) is 6.32. The summed E-state index contributed by atoms with van der Waals surface area (Å²) in [6, 6.07) is 8.92. The predicted octanol–water partition coefficient (Wildman–Crippen LogP) is 4.08. The standard InChI is InChI=1S/C17H14O2/c1-12-7-3-2-4-8-13(12)17-11-15(18)14-9-5-6-10-16(14)19-17/h2-6,8-11H,7H2,1H3. The second-order valence-electron chi connectivity index (χ2n) is 4.66. The van der Waals surface area contributed by atoms with Gasteiger partial charge in [0, 0.05) is 11.6 Å². The molecule has 3 rings (SSSR count). The van der Waals surface area contributed by atoms with Gasteiger partial charge in [0.25, 0.3) is 0 Å². The molecular formula is C17H14O2. The van der Waals surface area contributed by atoms with Gasteiger partial charge in [0.05, 0.1) is 5.39 Å². The maximum absolute atomic E-state index is 12.1. The number of rotatable bonds is 1. The summed E-state index contributed by atoms with van der Waals surface area (Å²) in [5.41, 5.74) is 2.83. The third-order valence-corrected chi connectivity index (χ3v) is 3.29. The molecule has 94 valence electrons. The lowest BCUT2D eigenvalue weighted by molar-refractivity contribution is 0.586. The van der Waals surface area contributed by atoms with E-state index in [9.17, 15) is 4.79 Å². The minimum atomic E-state index is 0.00255. The lowest BCUT2D eigenvalue weighted by Gasteiger charge is -2.06. The smallest absolute Gasteiger partial charge is 0.193 e. The van der Waals surface area contributed by atoms with E-state index in [1.54, 1.807) is 12.1 Å². The molecule has 1 aromatic heterocycles. The Labute approximate surface area is 111 Å². The van der Waals surface area contributed by atoms with E-state index in [-0.39, 0.29) is 5.43 Å². The zero-order chi connectivity index (χ0) is 13.2. The van der Waals surface area contributed by atoms with Crippen LogP contribution in [-0.4, -0.2) is 0 Å². The zero-order valence-corrected chi connectivity index (χ0v) is 10.7. The van der Waals surface area contributed by atoms with Crippen LogP contribution in [0.2, 0.25) is 0 Å². The molecule has 0 spiro atoms. The molecule has 2 nitrogen and oxygen atoms in total. The van der Waals surface area contributed by atoms with Crippen LogP contribution in [0.15, 0.2) is 69.4 Å².